The fourth-order valence-electron chi connectivity index (χ4n) is 5.98. The van der Waals surface area contributed by atoms with Crippen LogP contribution in [0.1, 0.15) is 49.7 Å². The van der Waals surface area contributed by atoms with E-state index >= 15 is 0 Å². The summed E-state index contributed by atoms with van der Waals surface area (Å²) < 4.78 is 69.6. The quantitative estimate of drug-likeness (QED) is 0.300. The van der Waals surface area contributed by atoms with Gasteiger partial charge in [-0.3, -0.25) is 0 Å². The van der Waals surface area contributed by atoms with E-state index in [0.29, 0.717) is 34.3 Å². The van der Waals surface area contributed by atoms with Gasteiger partial charge in [0.15, 0.2) is 9.84 Å². The van der Waals surface area contributed by atoms with Crippen molar-refractivity contribution in [3.05, 3.63) is 53.1 Å². The lowest BCUT2D eigenvalue weighted by molar-refractivity contribution is -0.144. The number of carbonyl (C=O) groups excluding carboxylic acids is 1. The molecule has 2 amide bonds. The van der Waals surface area contributed by atoms with Crippen LogP contribution in [0.25, 0.3) is 6.08 Å². The first kappa shape index (κ1) is 34.2. The number of nitrogens with one attached hydrogen (secondary N) is 3. The predicted molar refractivity (Wildman–Crippen MR) is 171 cm³/mol. The number of benzene rings is 2. The highest BCUT2D eigenvalue weighted by atomic mass is 32.2. The monoisotopic (exact) mass is 646 g/mol. The summed E-state index contributed by atoms with van der Waals surface area (Å²) in [6, 6.07) is 9.97. The van der Waals surface area contributed by atoms with Gasteiger partial charge in [-0.05, 0) is 88.4 Å². The van der Waals surface area contributed by atoms with Gasteiger partial charge >= 0.3 is 12.2 Å². The minimum atomic E-state index is -4.33. The van der Waals surface area contributed by atoms with Crippen LogP contribution in [0.4, 0.5) is 29.3 Å². The molecule has 12 heteroatoms. The summed E-state index contributed by atoms with van der Waals surface area (Å²) in [5.74, 6) is 5.63. The fourth-order valence-corrected chi connectivity index (χ4v) is 6.62. The lowest BCUT2D eigenvalue weighted by Crippen LogP contribution is -2.43. The number of allylic oxidation sites excluding steroid dienone is 1. The Morgan fingerprint density at radius 2 is 1.80 bits per heavy atom. The number of carbonyl (C=O) groups is 1. The van der Waals surface area contributed by atoms with Crippen LogP contribution in [0.2, 0.25) is 0 Å². The number of hydrogen-bond donors (Lipinski definition) is 3. The highest BCUT2D eigenvalue weighted by Gasteiger charge is 2.33. The zero-order valence-electron chi connectivity index (χ0n) is 26.1. The number of halogens is 3. The van der Waals surface area contributed by atoms with E-state index in [4.69, 9.17) is 4.74 Å². The summed E-state index contributed by atoms with van der Waals surface area (Å²) in [7, 11) is 2.13. The van der Waals surface area contributed by atoms with Gasteiger partial charge in [0.1, 0.15) is 5.75 Å². The maximum Gasteiger partial charge on any atom is 0.389 e. The van der Waals surface area contributed by atoms with E-state index in [1.807, 2.05) is 0 Å². The fraction of sp³-hybridized carbons (Fsp3) is 0.485. The van der Waals surface area contributed by atoms with Gasteiger partial charge in [0.05, 0.1) is 24.2 Å². The number of hydrogen-bond acceptors (Lipinski definition) is 6. The first-order valence-corrected chi connectivity index (χ1v) is 16.8. The van der Waals surface area contributed by atoms with Crippen molar-refractivity contribution < 1.29 is 31.1 Å². The highest BCUT2D eigenvalue weighted by molar-refractivity contribution is 7.90. The average molecular weight is 647 g/mol. The molecule has 4 rings (SSSR count). The number of urea groups is 1. The molecule has 0 aliphatic heterocycles. The van der Waals surface area contributed by atoms with Crippen LogP contribution in [-0.4, -0.2) is 71.6 Å². The second-order valence-corrected chi connectivity index (χ2v) is 14.0. The molecule has 0 spiro atoms. The summed E-state index contributed by atoms with van der Waals surface area (Å²) in [4.78, 5) is 15.3. The zero-order valence-corrected chi connectivity index (χ0v) is 26.9. The van der Waals surface area contributed by atoms with Crippen LogP contribution < -0.4 is 20.7 Å². The third-order valence-electron chi connectivity index (χ3n) is 8.28. The summed E-state index contributed by atoms with van der Waals surface area (Å²) in [6.07, 6.45) is 1.70. The molecule has 45 heavy (non-hydrogen) atoms. The van der Waals surface area contributed by atoms with Crippen molar-refractivity contribution in [2.24, 2.45) is 5.92 Å². The zero-order chi connectivity index (χ0) is 32.8. The molecule has 8 nitrogen and oxygen atoms in total. The van der Waals surface area contributed by atoms with E-state index in [1.54, 1.807) is 30.3 Å². The lowest BCUT2D eigenvalue weighted by atomic mass is 9.90. The maximum absolute atomic E-state index is 13.5. The molecule has 0 heterocycles. The number of alkyl halides is 3. The molecule has 0 bridgehead atoms. The van der Waals surface area contributed by atoms with E-state index in [2.05, 4.69) is 46.8 Å². The second kappa shape index (κ2) is 14.6. The summed E-state index contributed by atoms with van der Waals surface area (Å²) in [6.45, 7) is 0.140. The Balaban J connectivity index is 1.52. The first-order valence-electron chi connectivity index (χ1n) is 15.0. The minimum Gasteiger partial charge on any atom is -0.495 e. The number of ether oxygens (including phenoxy) is 1. The molecule has 1 saturated carbocycles. The molecule has 1 unspecified atom stereocenters. The third kappa shape index (κ3) is 9.90. The van der Waals surface area contributed by atoms with Crippen LogP contribution in [0, 0.1) is 17.8 Å². The first-order chi connectivity index (χ1) is 21.2. The predicted octanol–water partition coefficient (Wildman–Crippen LogP) is 6.11. The molecule has 0 saturated heterocycles. The molecule has 2 aliphatic carbocycles. The van der Waals surface area contributed by atoms with E-state index in [9.17, 15) is 26.4 Å². The Labute approximate surface area is 263 Å². The van der Waals surface area contributed by atoms with Crippen molar-refractivity contribution in [1.82, 2.24) is 10.2 Å². The highest BCUT2D eigenvalue weighted by Crippen LogP contribution is 2.37. The number of fused-ring (bicyclic) bond motifs is 1. The third-order valence-corrected chi connectivity index (χ3v) is 9.39. The Hall–Kier alpha value is -3.69. The van der Waals surface area contributed by atoms with E-state index in [1.165, 1.54) is 19.2 Å². The van der Waals surface area contributed by atoms with Crippen molar-refractivity contribution in [3.8, 4) is 17.6 Å². The molecule has 244 valence electrons. The molecular formula is C33H41F3N4O4S. The van der Waals surface area contributed by atoms with E-state index in [-0.39, 0.29) is 36.4 Å². The van der Waals surface area contributed by atoms with Crippen molar-refractivity contribution in [3.63, 3.8) is 0 Å². The van der Waals surface area contributed by atoms with Gasteiger partial charge < -0.3 is 25.6 Å². The van der Waals surface area contributed by atoms with Gasteiger partial charge in [0.2, 0.25) is 0 Å². The number of methoxy groups -OCH3 is 1. The summed E-state index contributed by atoms with van der Waals surface area (Å²) in [5, 5.41) is 9.08. The average Bonchev–Trinajstić information content (AvgIpc) is 3.13. The number of rotatable bonds is 8. The summed E-state index contributed by atoms with van der Waals surface area (Å²) in [5.41, 5.74) is 2.96. The standard InChI is InChI=1S/C33H41F3N4O4S/c1-40(2)26-12-10-25(11-13-26)38-32(41)39-29-9-5-8-24-18-23(21-33(34,35)36)17-22(19-28(24)29)7-6-16-37-30-15-14-27(45(4,42)43)20-31(30)44-3/h5,8-9,14-15,19-20,23,25-26,37H,10-13,16-18,21H2,1-4H3,(H2,38,39,41). The largest absolute Gasteiger partial charge is 0.495 e. The van der Waals surface area contributed by atoms with Gasteiger partial charge in [-0.25, -0.2) is 13.2 Å². The smallest absolute Gasteiger partial charge is 0.389 e. The van der Waals surface area contributed by atoms with Crippen LogP contribution in [0.3, 0.4) is 0 Å². The molecule has 2 aromatic rings. The van der Waals surface area contributed by atoms with Gasteiger partial charge in [-0.1, -0.05) is 24.0 Å². The lowest BCUT2D eigenvalue weighted by Gasteiger charge is -2.33. The van der Waals surface area contributed by atoms with E-state index in [0.717, 1.165) is 37.5 Å². The van der Waals surface area contributed by atoms with Gasteiger partial charge in [-0.15, -0.1) is 0 Å². The Kier molecular flexibility index (Phi) is 11.1. The second-order valence-electron chi connectivity index (χ2n) is 12.0. The van der Waals surface area contributed by atoms with Crippen LogP contribution >= 0.6 is 0 Å². The van der Waals surface area contributed by atoms with Crippen molar-refractivity contribution in [2.75, 3.05) is 44.6 Å². The molecule has 3 N–H and O–H groups in total. The molecule has 2 aliphatic rings. The molecule has 0 radical (unpaired) electrons. The number of nitrogens with zero attached hydrogens (tertiary/aromatic N) is 1. The number of amides is 2. The van der Waals surface area contributed by atoms with Gasteiger partial charge in [0.25, 0.3) is 0 Å². The Morgan fingerprint density at radius 3 is 2.44 bits per heavy atom. The van der Waals surface area contributed by atoms with Crippen LogP contribution in [-0.2, 0) is 16.3 Å². The van der Waals surface area contributed by atoms with Crippen LogP contribution in [0.15, 0.2) is 46.9 Å². The molecule has 1 atom stereocenters. The van der Waals surface area contributed by atoms with Crippen molar-refractivity contribution in [1.29, 1.82) is 0 Å². The van der Waals surface area contributed by atoms with Crippen molar-refractivity contribution in [2.45, 2.75) is 68.1 Å². The molecule has 2 aromatic carbocycles. The van der Waals surface area contributed by atoms with Gasteiger partial charge in [0, 0.05) is 47.7 Å². The maximum atomic E-state index is 13.5. The summed E-state index contributed by atoms with van der Waals surface area (Å²) >= 11 is 0. The molecule has 0 aromatic heterocycles. The van der Waals surface area contributed by atoms with Crippen LogP contribution in [0.5, 0.6) is 5.75 Å². The normalized spacial score (nSPS) is 20.2. The molecule has 1 fully saturated rings. The Bertz CT molecular complexity index is 1570. The number of sulfone groups is 1. The Morgan fingerprint density at radius 1 is 1.07 bits per heavy atom. The van der Waals surface area contributed by atoms with Gasteiger partial charge in [-0.2, -0.15) is 13.2 Å². The SMILES string of the molecule is COc1cc(S(C)(=O)=O)ccc1NCC#CC1=Cc2c(cccc2NC(=O)NC2CCC(N(C)C)CC2)CC(CC(F)(F)F)C1. The number of anilines is 2. The minimum absolute atomic E-state index is 0.0605. The van der Waals surface area contributed by atoms with E-state index < -0.39 is 28.4 Å². The van der Waals surface area contributed by atoms with Crippen molar-refractivity contribution >= 4 is 33.3 Å². The topological polar surface area (TPSA) is 99.8 Å². The molecular weight excluding hydrogens is 605 g/mol.